The minimum absolute atomic E-state index is 0.248. The molecule has 0 radical (unpaired) electrons. The van der Waals surface area contributed by atoms with Gasteiger partial charge in [0, 0.05) is 28.7 Å². The summed E-state index contributed by atoms with van der Waals surface area (Å²) < 4.78 is 11.1. The first-order chi connectivity index (χ1) is 13.1. The summed E-state index contributed by atoms with van der Waals surface area (Å²) in [5.41, 5.74) is 2.11. The van der Waals surface area contributed by atoms with E-state index in [4.69, 9.17) is 37.9 Å². The van der Waals surface area contributed by atoms with Crippen LogP contribution in [0.5, 0.6) is 17.4 Å². The topological polar surface area (TPSA) is 68.0 Å². The van der Waals surface area contributed by atoms with Crippen LogP contribution in [0.2, 0.25) is 10.0 Å². The van der Waals surface area contributed by atoms with Gasteiger partial charge in [-0.2, -0.15) is 5.26 Å². The number of nitriles is 1. The Kier molecular flexibility index (Phi) is 6.12. The van der Waals surface area contributed by atoms with Gasteiger partial charge in [-0.05, 0) is 43.2 Å². The lowest BCUT2D eigenvalue weighted by Gasteiger charge is -2.13. The molecule has 0 aliphatic carbocycles. The summed E-state index contributed by atoms with van der Waals surface area (Å²) in [7, 11) is 1.49. The summed E-state index contributed by atoms with van der Waals surface area (Å²) in [6.07, 6.45) is 3.11. The number of aromatic nitrogens is 2. The summed E-state index contributed by atoms with van der Waals surface area (Å²) in [5.74, 6) is 1.06. The maximum atomic E-state index is 9.09. The van der Waals surface area contributed by atoms with Crippen molar-refractivity contribution < 1.29 is 9.47 Å². The van der Waals surface area contributed by atoms with Crippen LogP contribution in [0.4, 0.5) is 0 Å². The molecule has 2 heterocycles. The first-order valence-corrected chi connectivity index (χ1v) is 8.86. The third kappa shape index (κ3) is 4.88. The van der Waals surface area contributed by atoms with Crippen molar-refractivity contribution in [3.63, 3.8) is 0 Å². The molecule has 27 heavy (non-hydrogen) atoms. The zero-order valence-corrected chi connectivity index (χ0v) is 16.0. The highest BCUT2D eigenvalue weighted by molar-refractivity contribution is 6.33. The van der Waals surface area contributed by atoms with Crippen molar-refractivity contribution in [2.45, 2.75) is 12.8 Å². The van der Waals surface area contributed by atoms with Crippen molar-refractivity contribution in [3.8, 4) is 23.4 Å². The van der Waals surface area contributed by atoms with Crippen LogP contribution in [0.1, 0.15) is 17.0 Å². The highest BCUT2D eigenvalue weighted by Gasteiger charge is 2.15. The van der Waals surface area contributed by atoms with E-state index in [-0.39, 0.29) is 10.9 Å². The summed E-state index contributed by atoms with van der Waals surface area (Å²) in [4.78, 5) is 8.73. The average Bonchev–Trinajstić information content (AvgIpc) is 2.68. The van der Waals surface area contributed by atoms with E-state index in [2.05, 4.69) is 9.97 Å². The molecule has 0 spiro atoms. The van der Waals surface area contributed by atoms with E-state index in [0.29, 0.717) is 34.9 Å². The van der Waals surface area contributed by atoms with Gasteiger partial charge < -0.3 is 9.47 Å². The fourth-order valence-electron chi connectivity index (χ4n) is 2.48. The van der Waals surface area contributed by atoms with Gasteiger partial charge in [0.1, 0.15) is 10.8 Å². The van der Waals surface area contributed by atoms with Crippen LogP contribution < -0.4 is 9.47 Å². The molecule has 3 aromatic rings. The molecule has 0 bridgehead atoms. The Morgan fingerprint density at radius 1 is 1.07 bits per heavy atom. The average molecular weight is 400 g/mol. The number of hydrogen-bond acceptors (Lipinski definition) is 5. The van der Waals surface area contributed by atoms with E-state index in [1.165, 1.54) is 7.11 Å². The van der Waals surface area contributed by atoms with E-state index >= 15 is 0 Å². The van der Waals surface area contributed by atoms with Crippen molar-refractivity contribution in [1.82, 2.24) is 9.97 Å². The number of aryl methyl sites for hydroxylation is 2. The molecule has 2 aromatic heterocycles. The zero-order valence-electron chi connectivity index (χ0n) is 14.4. The van der Waals surface area contributed by atoms with Gasteiger partial charge in [-0.1, -0.05) is 29.3 Å². The van der Waals surface area contributed by atoms with E-state index < -0.39 is 0 Å². The van der Waals surface area contributed by atoms with Gasteiger partial charge in [0.25, 0.3) is 0 Å². The Balaban J connectivity index is 1.88. The molecule has 7 heteroatoms. The third-order valence-electron chi connectivity index (χ3n) is 3.73. The van der Waals surface area contributed by atoms with Gasteiger partial charge in [0.15, 0.2) is 5.75 Å². The number of halogens is 2. The second-order valence-corrected chi connectivity index (χ2v) is 6.46. The van der Waals surface area contributed by atoms with Crippen molar-refractivity contribution >= 4 is 23.2 Å². The summed E-state index contributed by atoms with van der Waals surface area (Å²) in [5, 5.41) is 9.73. The van der Waals surface area contributed by atoms with E-state index in [0.717, 1.165) is 11.4 Å². The van der Waals surface area contributed by atoms with Crippen molar-refractivity contribution in [2.24, 2.45) is 0 Å². The van der Waals surface area contributed by atoms with E-state index in [9.17, 15) is 0 Å². The third-order valence-corrected chi connectivity index (χ3v) is 4.30. The van der Waals surface area contributed by atoms with Crippen molar-refractivity contribution in [2.75, 3.05) is 7.11 Å². The molecule has 0 aliphatic rings. The Bertz CT molecular complexity index is 989. The van der Waals surface area contributed by atoms with Gasteiger partial charge in [0.05, 0.1) is 18.7 Å². The van der Waals surface area contributed by atoms with Crippen LogP contribution in [-0.2, 0) is 12.8 Å². The lowest BCUT2D eigenvalue weighted by atomic mass is 10.1. The lowest BCUT2D eigenvalue weighted by Crippen LogP contribution is -2.00. The summed E-state index contributed by atoms with van der Waals surface area (Å²) >= 11 is 12.4. The molecular formula is C20H15Cl2N3O2. The summed E-state index contributed by atoms with van der Waals surface area (Å²) in [6.45, 7) is 0. The minimum atomic E-state index is 0.248. The molecule has 136 valence electrons. The number of rotatable bonds is 6. The molecule has 0 amide bonds. The molecule has 0 unspecified atom stereocenters. The van der Waals surface area contributed by atoms with Gasteiger partial charge in [-0.3, -0.25) is 4.98 Å². The van der Waals surface area contributed by atoms with Gasteiger partial charge in [-0.15, -0.1) is 0 Å². The fraction of sp³-hybridized carbons (Fsp3) is 0.150. The van der Waals surface area contributed by atoms with Crippen LogP contribution in [0, 0.1) is 11.3 Å². The van der Waals surface area contributed by atoms with Gasteiger partial charge >= 0.3 is 0 Å². The Hall–Kier alpha value is -2.81. The first-order valence-electron chi connectivity index (χ1n) is 8.11. The molecule has 0 N–H and O–H groups in total. The predicted octanol–water partition coefficient (Wildman–Crippen LogP) is 5.24. The summed E-state index contributed by atoms with van der Waals surface area (Å²) in [6, 6.07) is 14.3. The highest BCUT2D eigenvalue weighted by Crippen LogP contribution is 2.37. The van der Waals surface area contributed by atoms with E-state index in [1.54, 1.807) is 30.5 Å². The SMILES string of the molecule is COc1nc(CCc2ccccn2)cc(Oc2cc(Cl)cc(C#N)c2)c1Cl. The number of benzene rings is 1. The standard InChI is InChI=1S/C20H15Cl2N3O2/c1-26-20-19(22)18(27-17-9-13(12-23)8-14(21)10-17)11-16(25-20)6-5-15-4-2-3-7-24-15/h2-4,7-11H,5-6H2,1H3. The molecule has 3 rings (SSSR count). The van der Waals surface area contributed by atoms with E-state index in [1.807, 2.05) is 24.3 Å². The Labute approximate surface area is 167 Å². The Morgan fingerprint density at radius 2 is 1.89 bits per heavy atom. The van der Waals surface area contributed by atoms with Crippen LogP contribution >= 0.6 is 23.2 Å². The molecular weight excluding hydrogens is 385 g/mol. The molecule has 0 atom stereocenters. The van der Waals surface area contributed by atoms with Crippen LogP contribution in [0.15, 0.2) is 48.7 Å². The number of methoxy groups -OCH3 is 1. The minimum Gasteiger partial charge on any atom is -0.480 e. The molecule has 1 aromatic carbocycles. The normalized spacial score (nSPS) is 10.3. The van der Waals surface area contributed by atoms with Gasteiger partial charge in [0.2, 0.25) is 5.88 Å². The molecule has 0 aliphatic heterocycles. The van der Waals surface area contributed by atoms with Crippen LogP contribution in [0.3, 0.4) is 0 Å². The van der Waals surface area contributed by atoms with Crippen molar-refractivity contribution in [1.29, 1.82) is 5.26 Å². The number of pyridine rings is 2. The number of hydrogen-bond donors (Lipinski definition) is 0. The second kappa shape index (κ2) is 8.72. The Morgan fingerprint density at radius 3 is 2.59 bits per heavy atom. The smallest absolute Gasteiger partial charge is 0.236 e. The fourth-order valence-corrected chi connectivity index (χ4v) is 2.92. The monoisotopic (exact) mass is 399 g/mol. The predicted molar refractivity (Wildman–Crippen MR) is 104 cm³/mol. The first kappa shape index (κ1) is 19.0. The maximum absolute atomic E-state index is 9.09. The van der Waals surface area contributed by atoms with Crippen LogP contribution in [0.25, 0.3) is 0 Å². The second-order valence-electron chi connectivity index (χ2n) is 5.65. The number of nitrogens with zero attached hydrogens (tertiary/aromatic N) is 3. The lowest BCUT2D eigenvalue weighted by molar-refractivity contribution is 0.390. The number of ether oxygens (including phenoxy) is 2. The molecule has 0 saturated heterocycles. The maximum Gasteiger partial charge on any atom is 0.236 e. The van der Waals surface area contributed by atoms with Crippen molar-refractivity contribution in [3.05, 3.63) is 75.7 Å². The quantitative estimate of drug-likeness (QED) is 0.566. The zero-order chi connectivity index (χ0) is 19.2. The van der Waals surface area contributed by atoms with Crippen LogP contribution in [-0.4, -0.2) is 17.1 Å². The largest absolute Gasteiger partial charge is 0.480 e. The van der Waals surface area contributed by atoms with Gasteiger partial charge in [-0.25, -0.2) is 4.98 Å². The molecule has 5 nitrogen and oxygen atoms in total. The molecule has 0 fully saturated rings. The molecule has 0 saturated carbocycles. The highest BCUT2D eigenvalue weighted by atomic mass is 35.5.